The quantitative estimate of drug-likeness (QED) is 0.738. The smallest absolute Gasteiger partial charge is 0.0826 e. The molecule has 3 heteroatoms. The van der Waals surface area contributed by atoms with Crippen LogP contribution in [-0.2, 0) is 4.74 Å². The topological polar surface area (TPSA) is 24.5 Å². The predicted molar refractivity (Wildman–Crippen MR) is 62.1 cm³/mol. The van der Waals surface area contributed by atoms with Crippen LogP contribution in [0.5, 0.6) is 0 Å². The predicted octanol–water partition coefficient (Wildman–Crippen LogP) is 1.10. The molecule has 1 unspecified atom stereocenters. The molecule has 1 aliphatic heterocycles. The number of ether oxygens (including phenoxy) is 1. The summed E-state index contributed by atoms with van der Waals surface area (Å²) in [6.45, 7) is 5.24. The zero-order valence-corrected chi connectivity index (χ0v) is 9.87. The Morgan fingerprint density at radius 3 is 2.87 bits per heavy atom. The summed E-state index contributed by atoms with van der Waals surface area (Å²) in [7, 11) is 2.22. The summed E-state index contributed by atoms with van der Waals surface area (Å²) in [6, 6.07) is 0. The van der Waals surface area contributed by atoms with Crippen molar-refractivity contribution in [2.45, 2.75) is 31.8 Å². The molecule has 3 nitrogen and oxygen atoms in total. The van der Waals surface area contributed by atoms with Crippen molar-refractivity contribution >= 4 is 0 Å². The van der Waals surface area contributed by atoms with Gasteiger partial charge in [0.2, 0.25) is 0 Å². The van der Waals surface area contributed by atoms with Gasteiger partial charge in [-0.25, -0.2) is 0 Å². The van der Waals surface area contributed by atoms with Gasteiger partial charge < -0.3 is 15.0 Å². The monoisotopic (exact) mass is 212 g/mol. The first-order chi connectivity index (χ1) is 7.34. The molecular weight excluding hydrogens is 188 g/mol. The van der Waals surface area contributed by atoms with Crippen LogP contribution in [0.2, 0.25) is 0 Å². The Bertz CT molecular complexity index is 176. The Morgan fingerprint density at radius 2 is 2.27 bits per heavy atom. The van der Waals surface area contributed by atoms with Gasteiger partial charge in [0.25, 0.3) is 0 Å². The minimum atomic E-state index is 0.408. The highest BCUT2D eigenvalue weighted by Crippen LogP contribution is 2.29. The standard InChI is InChI=1S/C12H24N2O/c1-14(7-5-11-3-2-4-11)10-12-9-13-6-8-15-12/h11-13H,2-10H2,1H3. The molecule has 1 saturated carbocycles. The van der Waals surface area contributed by atoms with E-state index in [1.165, 1.54) is 32.2 Å². The van der Waals surface area contributed by atoms with Crippen molar-refractivity contribution < 1.29 is 4.74 Å². The van der Waals surface area contributed by atoms with Crippen molar-refractivity contribution in [1.29, 1.82) is 0 Å². The van der Waals surface area contributed by atoms with Gasteiger partial charge in [0.05, 0.1) is 12.7 Å². The first-order valence-electron chi connectivity index (χ1n) is 6.35. The summed E-state index contributed by atoms with van der Waals surface area (Å²) < 4.78 is 5.69. The molecule has 0 spiro atoms. The molecule has 0 amide bonds. The molecule has 2 rings (SSSR count). The molecule has 2 aliphatic rings. The van der Waals surface area contributed by atoms with Gasteiger partial charge in [-0.15, -0.1) is 0 Å². The minimum absolute atomic E-state index is 0.408. The average Bonchev–Trinajstić information content (AvgIpc) is 2.17. The molecule has 0 aromatic rings. The highest BCUT2D eigenvalue weighted by Gasteiger charge is 2.19. The Kier molecular flexibility index (Phi) is 4.42. The van der Waals surface area contributed by atoms with Crippen molar-refractivity contribution in [2.75, 3.05) is 39.8 Å². The van der Waals surface area contributed by atoms with Gasteiger partial charge in [-0.05, 0) is 25.9 Å². The zero-order valence-electron chi connectivity index (χ0n) is 9.87. The Morgan fingerprint density at radius 1 is 1.40 bits per heavy atom. The maximum absolute atomic E-state index is 5.69. The molecule has 1 aliphatic carbocycles. The summed E-state index contributed by atoms with van der Waals surface area (Å²) in [4.78, 5) is 2.43. The van der Waals surface area contributed by atoms with Crippen LogP contribution >= 0.6 is 0 Å². The lowest BCUT2D eigenvalue weighted by atomic mass is 9.83. The third-order valence-corrected chi connectivity index (χ3v) is 3.66. The van der Waals surface area contributed by atoms with E-state index < -0.39 is 0 Å². The molecule has 0 bridgehead atoms. The summed E-state index contributed by atoms with van der Waals surface area (Å²) in [6.07, 6.45) is 6.19. The van der Waals surface area contributed by atoms with Gasteiger partial charge in [0.15, 0.2) is 0 Å². The number of nitrogens with zero attached hydrogens (tertiary/aromatic N) is 1. The molecule has 1 atom stereocenters. The molecule has 2 fully saturated rings. The maximum Gasteiger partial charge on any atom is 0.0826 e. The minimum Gasteiger partial charge on any atom is -0.374 e. The van der Waals surface area contributed by atoms with Crippen LogP contribution in [0.1, 0.15) is 25.7 Å². The van der Waals surface area contributed by atoms with Gasteiger partial charge in [0.1, 0.15) is 0 Å². The van der Waals surface area contributed by atoms with Crippen LogP contribution in [0.15, 0.2) is 0 Å². The third-order valence-electron chi connectivity index (χ3n) is 3.66. The van der Waals surface area contributed by atoms with Crippen LogP contribution in [0.3, 0.4) is 0 Å². The Hall–Kier alpha value is -0.120. The second-order valence-electron chi connectivity index (χ2n) is 5.04. The SMILES string of the molecule is CN(CCC1CCC1)CC1CNCCO1. The fourth-order valence-electron chi connectivity index (χ4n) is 2.36. The van der Waals surface area contributed by atoms with Gasteiger partial charge in [0, 0.05) is 19.6 Å². The third kappa shape index (κ3) is 3.74. The molecule has 0 aromatic carbocycles. The summed E-state index contributed by atoms with van der Waals surface area (Å²) in [5.41, 5.74) is 0. The number of nitrogens with one attached hydrogen (secondary N) is 1. The first kappa shape index (κ1) is 11.4. The Balaban J connectivity index is 1.56. The largest absolute Gasteiger partial charge is 0.374 e. The Labute approximate surface area is 93.2 Å². The van der Waals surface area contributed by atoms with E-state index in [0.717, 1.165) is 32.2 Å². The van der Waals surface area contributed by atoms with Crippen LogP contribution in [-0.4, -0.2) is 50.8 Å². The molecule has 1 saturated heterocycles. The summed E-state index contributed by atoms with van der Waals surface area (Å²) in [5.74, 6) is 1.03. The van der Waals surface area contributed by atoms with E-state index in [2.05, 4.69) is 17.3 Å². The van der Waals surface area contributed by atoms with Crippen LogP contribution < -0.4 is 5.32 Å². The molecule has 0 radical (unpaired) electrons. The highest BCUT2D eigenvalue weighted by atomic mass is 16.5. The van der Waals surface area contributed by atoms with Crippen molar-refractivity contribution in [1.82, 2.24) is 10.2 Å². The number of morpholine rings is 1. The normalized spacial score (nSPS) is 28.0. The van der Waals surface area contributed by atoms with Crippen LogP contribution in [0.4, 0.5) is 0 Å². The molecule has 1 heterocycles. The maximum atomic E-state index is 5.69. The van der Waals surface area contributed by atoms with E-state index in [0.29, 0.717) is 6.10 Å². The molecule has 88 valence electrons. The van der Waals surface area contributed by atoms with E-state index in [1.54, 1.807) is 0 Å². The number of likely N-dealkylation sites (N-methyl/N-ethyl adjacent to an activating group) is 1. The summed E-state index contributed by atoms with van der Waals surface area (Å²) in [5, 5.41) is 3.38. The van der Waals surface area contributed by atoms with Crippen LogP contribution in [0, 0.1) is 5.92 Å². The molecule has 0 aromatic heterocycles. The second-order valence-corrected chi connectivity index (χ2v) is 5.04. The van der Waals surface area contributed by atoms with E-state index in [4.69, 9.17) is 4.74 Å². The molecular formula is C12H24N2O. The van der Waals surface area contributed by atoms with E-state index in [-0.39, 0.29) is 0 Å². The number of rotatable bonds is 5. The molecule has 15 heavy (non-hydrogen) atoms. The average molecular weight is 212 g/mol. The van der Waals surface area contributed by atoms with Crippen molar-refractivity contribution in [3.8, 4) is 0 Å². The lowest BCUT2D eigenvalue weighted by Crippen LogP contribution is -2.44. The van der Waals surface area contributed by atoms with Crippen molar-refractivity contribution in [3.05, 3.63) is 0 Å². The number of hydrogen-bond donors (Lipinski definition) is 1. The van der Waals surface area contributed by atoms with Gasteiger partial charge in [-0.2, -0.15) is 0 Å². The van der Waals surface area contributed by atoms with Gasteiger partial charge in [-0.1, -0.05) is 19.3 Å². The van der Waals surface area contributed by atoms with Crippen molar-refractivity contribution in [3.63, 3.8) is 0 Å². The van der Waals surface area contributed by atoms with E-state index in [1.807, 2.05) is 0 Å². The zero-order chi connectivity index (χ0) is 10.5. The first-order valence-corrected chi connectivity index (χ1v) is 6.35. The fourth-order valence-corrected chi connectivity index (χ4v) is 2.36. The second kappa shape index (κ2) is 5.83. The number of hydrogen-bond acceptors (Lipinski definition) is 3. The van der Waals surface area contributed by atoms with Gasteiger partial charge in [-0.3, -0.25) is 0 Å². The lowest BCUT2D eigenvalue weighted by Gasteiger charge is -2.30. The lowest BCUT2D eigenvalue weighted by molar-refractivity contribution is 0.00882. The summed E-state index contributed by atoms with van der Waals surface area (Å²) >= 11 is 0. The van der Waals surface area contributed by atoms with E-state index in [9.17, 15) is 0 Å². The highest BCUT2D eigenvalue weighted by molar-refractivity contribution is 4.73. The van der Waals surface area contributed by atoms with Crippen molar-refractivity contribution in [2.24, 2.45) is 5.92 Å². The van der Waals surface area contributed by atoms with E-state index >= 15 is 0 Å². The van der Waals surface area contributed by atoms with Gasteiger partial charge >= 0.3 is 0 Å². The fraction of sp³-hybridized carbons (Fsp3) is 1.00. The van der Waals surface area contributed by atoms with Crippen LogP contribution in [0.25, 0.3) is 0 Å². The molecule has 1 N–H and O–H groups in total.